The summed E-state index contributed by atoms with van der Waals surface area (Å²) in [7, 11) is 0. The van der Waals surface area contributed by atoms with Gasteiger partial charge in [0.05, 0.1) is 0 Å². The Balaban J connectivity index is 1.11. The molecule has 1 nitrogen and oxygen atoms in total. The molecule has 47 heavy (non-hydrogen) atoms. The average molecular weight is 604 g/mol. The van der Waals surface area contributed by atoms with Gasteiger partial charge in [-0.1, -0.05) is 109 Å². The van der Waals surface area contributed by atoms with Crippen molar-refractivity contribution in [3.63, 3.8) is 0 Å². The van der Waals surface area contributed by atoms with E-state index >= 15 is 0 Å². The summed E-state index contributed by atoms with van der Waals surface area (Å²) < 4.78 is 0. The van der Waals surface area contributed by atoms with Gasteiger partial charge in [-0.15, -0.1) is 0 Å². The van der Waals surface area contributed by atoms with E-state index < -0.39 is 0 Å². The van der Waals surface area contributed by atoms with Gasteiger partial charge >= 0.3 is 0 Å². The summed E-state index contributed by atoms with van der Waals surface area (Å²) in [5.41, 5.74) is 16.9. The topological polar surface area (TPSA) is 3.24 Å². The zero-order valence-electron chi connectivity index (χ0n) is 26.5. The van der Waals surface area contributed by atoms with Crippen LogP contribution < -0.4 is 4.90 Å². The largest absolute Gasteiger partial charge is 0.310 e. The maximum absolute atomic E-state index is 2.56. The van der Waals surface area contributed by atoms with Gasteiger partial charge in [-0.3, -0.25) is 0 Å². The minimum Gasteiger partial charge on any atom is -0.310 e. The van der Waals surface area contributed by atoms with Crippen LogP contribution in [0.25, 0.3) is 33.4 Å². The molecule has 4 saturated carbocycles. The highest BCUT2D eigenvalue weighted by atomic mass is 15.1. The lowest BCUT2D eigenvalue weighted by Crippen LogP contribution is -2.54. The monoisotopic (exact) mass is 603 g/mol. The van der Waals surface area contributed by atoms with Crippen LogP contribution in [0.4, 0.5) is 17.1 Å². The van der Waals surface area contributed by atoms with Crippen LogP contribution in [0.3, 0.4) is 0 Å². The minimum atomic E-state index is 0.239. The fraction of sp³-hybridized carbons (Fsp3) is 0.217. The van der Waals surface area contributed by atoms with Crippen LogP contribution in [-0.2, 0) is 5.41 Å². The molecule has 0 saturated heterocycles. The molecule has 6 atom stereocenters. The molecule has 0 radical (unpaired) electrons. The highest BCUT2D eigenvalue weighted by Gasteiger charge is 2.69. The summed E-state index contributed by atoms with van der Waals surface area (Å²) in [5.74, 6) is 4.24. The summed E-state index contributed by atoms with van der Waals surface area (Å²) in [6, 6.07) is 54.6. The molecule has 0 amide bonds. The van der Waals surface area contributed by atoms with Gasteiger partial charge in [0.2, 0.25) is 0 Å². The van der Waals surface area contributed by atoms with Gasteiger partial charge in [0.1, 0.15) is 0 Å². The van der Waals surface area contributed by atoms with E-state index in [9.17, 15) is 0 Å². The van der Waals surface area contributed by atoms with Crippen molar-refractivity contribution >= 4 is 17.1 Å². The Morgan fingerprint density at radius 1 is 0.489 bits per heavy atom. The molecular weight excluding hydrogens is 567 g/mol. The van der Waals surface area contributed by atoms with Crippen molar-refractivity contribution in [3.8, 4) is 33.4 Å². The van der Waals surface area contributed by atoms with Gasteiger partial charge in [0.15, 0.2) is 0 Å². The number of benzene rings is 6. The number of fused-ring (bicyclic) bond motifs is 2. The number of hydrogen-bond acceptors (Lipinski definition) is 1. The Morgan fingerprint density at radius 3 is 1.83 bits per heavy atom. The molecule has 6 aromatic rings. The Bertz CT molecular complexity index is 2120. The first-order chi connectivity index (χ1) is 23.3. The van der Waals surface area contributed by atoms with E-state index in [1.54, 1.807) is 16.7 Å². The lowest BCUT2D eigenvalue weighted by atomic mass is 9.43. The molecule has 12 rings (SSSR count). The van der Waals surface area contributed by atoms with Crippen LogP contribution in [0.2, 0.25) is 0 Å². The first kappa shape index (κ1) is 26.2. The molecule has 0 aromatic heterocycles. The predicted molar refractivity (Wildman–Crippen MR) is 193 cm³/mol. The number of anilines is 3. The van der Waals surface area contributed by atoms with E-state index in [2.05, 4.69) is 150 Å². The molecule has 0 heterocycles. The summed E-state index contributed by atoms with van der Waals surface area (Å²) >= 11 is 0. The standard InChI is InChI=1S/C46H37N/c1-3-10-30(11-4-1)32-14-7-16-36(26-32)47(37-17-8-15-33(27-37)31-12-5-2-6-13-31)38-20-21-42-41(28-38)39-18-9-19-40-44-34-22-29-23-35(25-34)46(42,45(39)40)43(44)24-29/h1-21,26-29,34-35,43-44H,22-25H2. The summed E-state index contributed by atoms with van der Waals surface area (Å²) in [6.45, 7) is 0. The van der Waals surface area contributed by atoms with E-state index in [1.807, 2.05) is 0 Å². The lowest BCUT2D eigenvalue weighted by molar-refractivity contribution is -0.0431. The second kappa shape index (κ2) is 9.58. The van der Waals surface area contributed by atoms with Crippen LogP contribution in [0.15, 0.2) is 146 Å². The lowest BCUT2D eigenvalue weighted by Gasteiger charge is -2.60. The molecule has 0 aliphatic heterocycles. The van der Waals surface area contributed by atoms with Gasteiger partial charge in [0.25, 0.3) is 0 Å². The van der Waals surface area contributed by atoms with E-state index in [0.29, 0.717) is 0 Å². The molecule has 1 spiro atoms. The zero-order chi connectivity index (χ0) is 30.7. The van der Waals surface area contributed by atoms with E-state index in [1.165, 1.54) is 76.1 Å². The first-order valence-electron chi connectivity index (χ1n) is 17.7. The molecule has 0 N–H and O–H groups in total. The summed E-state index contributed by atoms with van der Waals surface area (Å²) in [4.78, 5) is 2.49. The van der Waals surface area contributed by atoms with Crippen molar-refractivity contribution in [2.75, 3.05) is 4.90 Å². The second-order valence-electron chi connectivity index (χ2n) is 14.9. The van der Waals surface area contributed by atoms with Gasteiger partial charge in [-0.25, -0.2) is 0 Å². The van der Waals surface area contributed by atoms with Crippen LogP contribution in [0.1, 0.15) is 48.3 Å². The molecule has 226 valence electrons. The van der Waals surface area contributed by atoms with Gasteiger partial charge < -0.3 is 4.90 Å². The molecule has 4 fully saturated rings. The third kappa shape index (κ3) is 3.50. The average Bonchev–Trinajstić information content (AvgIpc) is 3.57. The van der Waals surface area contributed by atoms with E-state index in [-0.39, 0.29) is 5.41 Å². The minimum absolute atomic E-state index is 0.239. The smallest absolute Gasteiger partial charge is 0.0468 e. The van der Waals surface area contributed by atoms with Crippen molar-refractivity contribution in [1.29, 1.82) is 0 Å². The van der Waals surface area contributed by atoms with Gasteiger partial charge in [-0.05, 0) is 142 Å². The second-order valence-corrected chi connectivity index (χ2v) is 14.9. The SMILES string of the molecule is c1ccc(-c2cccc(N(c3cccc(-c4ccccc4)c3)c3ccc4c(c3)-c3cccc5c3C43C4CC6CC(C4)C5C3C6)c2)cc1. The van der Waals surface area contributed by atoms with Crippen LogP contribution in [0, 0.1) is 23.7 Å². The quantitative estimate of drug-likeness (QED) is 0.189. The number of rotatable bonds is 5. The first-order valence-corrected chi connectivity index (χ1v) is 17.7. The van der Waals surface area contributed by atoms with E-state index in [4.69, 9.17) is 0 Å². The van der Waals surface area contributed by atoms with Crippen LogP contribution in [-0.4, -0.2) is 0 Å². The Morgan fingerprint density at radius 2 is 1.13 bits per heavy atom. The Labute approximate surface area is 277 Å². The zero-order valence-corrected chi connectivity index (χ0v) is 26.5. The van der Waals surface area contributed by atoms with E-state index in [0.717, 1.165) is 29.6 Å². The Kier molecular flexibility index (Phi) is 5.34. The highest BCUT2D eigenvalue weighted by Crippen LogP contribution is 2.77. The fourth-order valence-electron chi connectivity index (χ4n) is 11.5. The van der Waals surface area contributed by atoms with Crippen molar-refractivity contribution in [2.45, 2.75) is 37.0 Å². The van der Waals surface area contributed by atoms with Gasteiger partial charge in [0, 0.05) is 22.5 Å². The maximum Gasteiger partial charge on any atom is 0.0468 e. The third-order valence-electron chi connectivity index (χ3n) is 12.9. The van der Waals surface area contributed by atoms with Gasteiger partial charge in [-0.2, -0.15) is 0 Å². The molecule has 6 bridgehead atoms. The number of hydrogen-bond donors (Lipinski definition) is 0. The van der Waals surface area contributed by atoms with Crippen LogP contribution >= 0.6 is 0 Å². The molecule has 6 aromatic carbocycles. The Hall–Kier alpha value is -4.88. The molecule has 6 aliphatic carbocycles. The molecule has 6 unspecified atom stereocenters. The molecule has 1 heteroatoms. The number of nitrogens with zero attached hydrogens (tertiary/aromatic N) is 1. The highest BCUT2D eigenvalue weighted by molar-refractivity contribution is 5.90. The summed E-state index contributed by atoms with van der Waals surface area (Å²) in [6.07, 6.45) is 5.76. The van der Waals surface area contributed by atoms with Crippen molar-refractivity contribution in [1.82, 2.24) is 0 Å². The normalized spacial score (nSPS) is 26.7. The molecular formula is C46H37N. The summed E-state index contributed by atoms with van der Waals surface area (Å²) in [5, 5.41) is 0. The molecule has 6 aliphatic rings. The fourth-order valence-corrected chi connectivity index (χ4v) is 11.5. The van der Waals surface area contributed by atoms with Crippen molar-refractivity contribution < 1.29 is 0 Å². The van der Waals surface area contributed by atoms with Crippen LogP contribution in [0.5, 0.6) is 0 Å². The third-order valence-corrected chi connectivity index (χ3v) is 12.9. The van der Waals surface area contributed by atoms with Crippen molar-refractivity contribution in [3.05, 3.63) is 162 Å². The predicted octanol–water partition coefficient (Wildman–Crippen LogP) is 11.9. The van der Waals surface area contributed by atoms with Crippen molar-refractivity contribution in [2.24, 2.45) is 23.7 Å². The maximum atomic E-state index is 2.56.